The second kappa shape index (κ2) is 7.78. The van der Waals surface area contributed by atoms with Crippen LogP contribution in [-0.2, 0) is 16.1 Å². The van der Waals surface area contributed by atoms with Gasteiger partial charge in [-0.1, -0.05) is 11.6 Å². The number of hydrogen-bond donors (Lipinski definition) is 0. The van der Waals surface area contributed by atoms with Gasteiger partial charge in [-0.05, 0) is 25.1 Å². The van der Waals surface area contributed by atoms with Crippen LogP contribution in [0, 0.1) is 0 Å². The Kier molecular flexibility index (Phi) is 5.76. The predicted molar refractivity (Wildman–Crippen MR) is 83.6 cm³/mol. The maximum atomic E-state index is 11.4. The fourth-order valence-corrected chi connectivity index (χ4v) is 2.22. The molecule has 0 aliphatic heterocycles. The molecule has 2 aromatic rings. The SMILES string of the molecule is CCOC(=O)COc1ccc(Cl)cc1C[n+]1ccn(C(C)=O)c1. The first kappa shape index (κ1) is 17.0. The van der Waals surface area contributed by atoms with Crippen LogP contribution in [0.15, 0.2) is 36.9 Å². The van der Waals surface area contributed by atoms with Crippen molar-refractivity contribution in [2.75, 3.05) is 13.2 Å². The number of benzene rings is 1. The van der Waals surface area contributed by atoms with Gasteiger partial charge in [-0.3, -0.25) is 0 Å². The number of rotatable bonds is 6. The van der Waals surface area contributed by atoms with Gasteiger partial charge in [0.15, 0.2) is 6.61 Å². The van der Waals surface area contributed by atoms with Crippen LogP contribution < -0.4 is 9.30 Å². The lowest BCUT2D eigenvalue weighted by Gasteiger charge is -2.10. The number of ether oxygens (including phenoxy) is 2. The molecule has 0 amide bonds. The van der Waals surface area contributed by atoms with Crippen molar-refractivity contribution in [2.45, 2.75) is 20.4 Å². The van der Waals surface area contributed by atoms with Gasteiger partial charge in [-0.2, -0.15) is 4.57 Å². The topological polar surface area (TPSA) is 61.4 Å². The van der Waals surface area contributed by atoms with Crippen LogP contribution in [0.3, 0.4) is 0 Å². The largest absolute Gasteiger partial charge is 0.481 e. The molecule has 23 heavy (non-hydrogen) atoms. The summed E-state index contributed by atoms with van der Waals surface area (Å²) in [5, 5.41) is 0.565. The van der Waals surface area contributed by atoms with Crippen molar-refractivity contribution < 1.29 is 23.6 Å². The van der Waals surface area contributed by atoms with E-state index in [1.807, 2.05) is 4.57 Å². The molecule has 2 rings (SSSR count). The van der Waals surface area contributed by atoms with E-state index in [-0.39, 0.29) is 12.5 Å². The lowest BCUT2D eigenvalue weighted by molar-refractivity contribution is -0.687. The number of carbonyl (C=O) groups is 2. The fourth-order valence-electron chi connectivity index (χ4n) is 2.02. The Morgan fingerprint density at radius 1 is 1.35 bits per heavy atom. The van der Waals surface area contributed by atoms with E-state index in [0.29, 0.717) is 23.9 Å². The summed E-state index contributed by atoms with van der Waals surface area (Å²) < 4.78 is 13.7. The van der Waals surface area contributed by atoms with Crippen LogP contribution in [0.25, 0.3) is 0 Å². The second-order valence-corrected chi connectivity index (χ2v) is 5.29. The van der Waals surface area contributed by atoms with Crippen LogP contribution in [0.2, 0.25) is 5.02 Å². The van der Waals surface area contributed by atoms with Gasteiger partial charge in [0.25, 0.3) is 6.33 Å². The molecule has 0 spiro atoms. The van der Waals surface area contributed by atoms with E-state index in [2.05, 4.69) is 0 Å². The zero-order valence-electron chi connectivity index (χ0n) is 13.0. The number of aromatic nitrogens is 2. The quantitative estimate of drug-likeness (QED) is 0.598. The Morgan fingerprint density at radius 3 is 2.78 bits per heavy atom. The van der Waals surface area contributed by atoms with Gasteiger partial charge in [0.2, 0.25) is 0 Å². The standard InChI is InChI=1S/C16H18ClN2O4/c1-3-22-16(21)10-23-15-5-4-14(17)8-13(15)9-18-6-7-19(11-18)12(2)20/h4-8,11H,3,9-10H2,1-2H3/q+1. The van der Waals surface area contributed by atoms with Crippen molar-refractivity contribution in [1.82, 2.24) is 4.57 Å². The van der Waals surface area contributed by atoms with E-state index < -0.39 is 5.97 Å². The number of imidazole rings is 1. The Labute approximate surface area is 139 Å². The number of hydrogen-bond acceptors (Lipinski definition) is 4. The van der Waals surface area contributed by atoms with Gasteiger partial charge in [0, 0.05) is 17.5 Å². The highest BCUT2D eigenvalue weighted by atomic mass is 35.5. The molecule has 0 atom stereocenters. The van der Waals surface area contributed by atoms with Crippen molar-refractivity contribution in [3.63, 3.8) is 0 Å². The van der Waals surface area contributed by atoms with Gasteiger partial charge in [0.05, 0.1) is 6.61 Å². The molecule has 0 saturated carbocycles. The van der Waals surface area contributed by atoms with Gasteiger partial charge in [-0.25, -0.2) is 14.2 Å². The Bertz CT molecular complexity index is 712. The second-order valence-electron chi connectivity index (χ2n) is 4.86. The lowest BCUT2D eigenvalue weighted by atomic mass is 10.2. The molecule has 0 bridgehead atoms. The molecular formula is C16H18ClN2O4+. The number of halogens is 1. The number of carbonyl (C=O) groups excluding carboxylic acids is 2. The van der Waals surface area contributed by atoms with Crippen LogP contribution in [0.5, 0.6) is 5.75 Å². The third kappa shape index (κ3) is 4.82. The number of nitrogens with zero attached hydrogens (tertiary/aromatic N) is 2. The molecule has 1 aromatic carbocycles. The van der Waals surface area contributed by atoms with E-state index in [1.165, 1.54) is 11.5 Å². The zero-order valence-corrected chi connectivity index (χ0v) is 13.7. The maximum absolute atomic E-state index is 11.4. The smallest absolute Gasteiger partial charge is 0.344 e. The van der Waals surface area contributed by atoms with Crippen molar-refractivity contribution in [1.29, 1.82) is 0 Å². The molecule has 0 N–H and O–H groups in total. The monoisotopic (exact) mass is 337 g/mol. The first-order valence-electron chi connectivity index (χ1n) is 7.14. The van der Waals surface area contributed by atoms with E-state index >= 15 is 0 Å². The van der Waals surface area contributed by atoms with E-state index in [1.54, 1.807) is 43.8 Å². The van der Waals surface area contributed by atoms with Crippen LogP contribution in [-0.4, -0.2) is 29.7 Å². The Balaban J connectivity index is 2.14. The van der Waals surface area contributed by atoms with Gasteiger partial charge in [-0.15, -0.1) is 0 Å². The molecule has 0 radical (unpaired) electrons. The molecule has 7 heteroatoms. The van der Waals surface area contributed by atoms with Crippen LogP contribution in [0.4, 0.5) is 0 Å². The summed E-state index contributed by atoms with van der Waals surface area (Å²) in [4.78, 5) is 22.7. The minimum Gasteiger partial charge on any atom is -0.481 e. The Hall–Kier alpha value is -2.34. The summed E-state index contributed by atoms with van der Waals surface area (Å²) in [7, 11) is 0. The third-order valence-corrected chi connectivity index (χ3v) is 3.32. The summed E-state index contributed by atoms with van der Waals surface area (Å²) in [5.41, 5.74) is 0.799. The average molecular weight is 338 g/mol. The summed E-state index contributed by atoms with van der Waals surface area (Å²) in [5.74, 6) is 0.0444. The minimum atomic E-state index is -0.427. The molecule has 0 saturated heterocycles. The summed E-state index contributed by atoms with van der Waals surface area (Å²) in [6, 6.07) is 5.16. The normalized spacial score (nSPS) is 10.4. The molecule has 0 fully saturated rings. The lowest BCUT2D eigenvalue weighted by Crippen LogP contribution is -2.32. The minimum absolute atomic E-state index is 0.0753. The predicted octanol–water partition coefficient (Wildman–Crippen LogP) is 2.08. The Morgan fingerprint density at radius 2 is 2.13 bits per heavy atom. The molecule has 0 aliphatic rings. The molecule has 1 heterocycles. The highest BCUT2D eigenvalue weighted by molar-refractivity contribution is 6.30. The van der Waals surface area contributed by atoms with Crippen molar-refractivity contribution in [3.8, 4) is 5.75 Å². The van der Waals surface area contributed by atoms with E-state index in [9.17, 15) is 9.59 Å². The third-order valence-electron chi connectivity index (χ3n) is 3.08. The molecule has 0 aliphatic carbocycles. The van der Waals surface area contributed by atoms with Crippen molar-refractivity contribution in [2.24, 2.45) is 0 Å². The first-order valence-corrected chi connectivity index (χ1v) is 7.52. The van der Waals surface area contributed by atoms with E-state index in [4.69, 9.17) is 21.1 Å². The van der Waals surface area contributed by atoms with Gasteiger partial charge >= 0.3 is 11.9 Å². The van der Waals surface area contributed by atoms with Gasteiger partial charge in [0.1, 0.15) is 24.7 Å². The molecular weight excluding hydrogens is 320 g/mol. The van der Waals surface area contributed by atoms with Crippen molar-refractivity contribution in [3.05, 3.63) is 47.5 Å². The number of esters is 1. The summed E-state index contributed by atoms with van der Waals surface area (Å²) >= 11 is 6.04. The highest BCUT2D eigenvalue weighted by Gasteiger charge is 2.13. The fraction of sp³-hybridized carbons (Fsp3) is 0.312. The van der Waals surface area contributed by atoms with E-state index in [0.717, 1.165) is 5.56 Å². The average Bonchev–Trinajstić information content (AvgIpc) is 2.95. The molecule has 6 nitrogen and oxygen atoms in total. The molecule has 1 aromatic heterocycles. The first-order chi connectivity index (χ1) is 11.0. The molecule has 0 unspecified atom stereocenters. The summed E-state index contributed by atoms with van der Waals surface area (Å²) in [6.07, 6.45) is 5.13. The van der Waals surface area contributed by atoms with Crippen LogP contribution >= 0.6 is 11.6 Å². The highest BCUT2D eigenvalue weighted by Crippen LogP contribution is 2.22. The maximum Gasteiger partial charge on any atom is 0.344 e. The zero-order chi connectivity index (χ0) is 16.8. The van der Waals surface area contributed by atoms with Gasteiger partial charge < -0.3 is 9.47 Å². The van der Waals surface area contributed by atoms with Crippen LogP contribution in [0.1, 0.15) is 24.2 Å². The summed E-state index contributed by atoms with van der Waals surface area (Å²) in [6.45, 7) is 3.82. The van der Waals surface area contributed by atoms with Crippen molar-refractivity contribution >= 4 is 23.5 Å². The molecule has 122 valence electrons.